The molecule has 0 aromatic heterocycles. The van der Waals surface area contributed by atoms with Crippen LogP contribution >= 0.6 is 0 Å². The Morgan fingerprint density at radius 2 is 1.70 bits per heavy atom. The van der Waals surface area contributed by atoms with Gasteiger partial charge in [0.25, 0.3) is 0 Å². The molecular formula is C20H30N10O3. The van der Waals surface area contributed by atoms with E-state index in [0.717, 1.165) is 5.56 Å². The summed E-state index contributed by atoms with van der Waals surface area (Å²) in [6, 6.07) is 6.20. The van der Waals surface area contributed by atoms with Crippen LogP contribution in [0.5, 0.6) is 0 Å². The van der Waals surface area contributed by atoms with Crippen LogP contribution in [0.15, 0.2) is 40.6 Å². The van der Waals surface area contributed by atoms with Crippen molar-refractivity contribution in [2.45, 2.75) is 50.7 Å². The van der Waals surface area contributed by atoms with Gasteiger partial charge >= 0.3 is 0 Å². The van der Waals surface area contributed by atoms with Crippen molar-refractivity contribution in [3.05, 3.63) is 56.8 Å². The number of benzene rings is 1. The number of unbranched alkanes of at least 4 members (excludes halogenated alkanes) is 1. The zero-order chi connectivity index (χ0) is 24.5. The van der Waals surface area contributed by atoms with Crippen LogP contribution in [0.1, 0.15) is 31.7 Å². The number of carbonyl (C=O) groups excluding carboxylic acids is 3. The van der Waals surface area contributed by atoms with Crippen LogP contribution in [0.2, 0.25) is 0 Å². The zero-order valence-corrected chi connectivity index (χ0v) is 18.6. The van der Waals surface area contributed by atoms with Crippen molar-refractivity contribution in [2.75, 3.05) is 19.6 Å². The number of nitrogens with zero attached hydrogens (tertiary/aromatic N) is 6. The molecule has 13 nitrogen and oxygen atoms in total. The molecule has 33 heavy (non-hydrogen) atoms. The molecule has 0 fully saturated rings. The van der Waals surface area contributed by atoms with E-state index >= 15 is 0 Å². The summed E-state index contributed by atoms with van der Waals surface area (Å²) in [6.07, 6.45) is 1.80. The van der Waals surface area contributed by atoms with Crippen LogP contribution in [0.4, 0.5) is 0 Å². The summed E-state index contributed by atoms with van der Waals surface area (Å²) >= 11 is 0. The average molecular weight is 459 g/mol. The summed E-state index contributed by atoms with van der Waals surface area (Å²) in [4.78, 5) is 43.3. The van der Waals surface area contributed by atoms with Gasteiger partial charge in [0.1, 0.15) is 18.1 Å². The van der Waals surface area contributed by atoms with Crippen LogP contribution < -0.4 is 21.7 Å². The lowest BCUT2D eigenvalue weighted by Gasteiger charge is -2.24. The fraction of sp³-hybridized carbons (Fsp3) is 0.550. The number of azide groups is 2. The maximum Gasteiger partial charge on any atom is 0.243 e. The molecule has 1 aromatic carbocycles. The Hall–Kier alpha value is -3.79. The summed E-state index contributed by atoms with van der Waals surface area (Å²) in [6.45, 7) is 2.07. The summed E-state index contributed by atoms with van der Waals surface area (Å²) in [5.74, 6) is -1.59. The summed E-state index contributed by atoms with van der Waals surface area (Å²) in [5, 5.41) is 14.6. The lowest BCUT2D eigenvalue weighted by Crippen LogP contribution is -2.55. The molecule has 0 radical (unpaired) electrons. The van der Waals surface area contributed by atoms with E-state index in [4.69, 9.17) is 16.8 Å². The standard InChI is InChI=1S/C20H30N10O3/c1-14(28-30-23)18(31)27-17(13-15-7-3-2-4-8-15)20(33)26-16(9-5-6-10-21)19(32)24-11-12-25-29-22/h2-4,7-8,14,16-17H,5-6,9-13,21H2,1H3,(H,24,32)(H,26,33)(H,27,31)/t14-,16+,17+/m1/s1. The minimum atomic E-state index is -1.01. The van der Waals surface area contributed by atoms with Gasteiger partial charge in [-0.25, -0.2) is 0 Å². The molecule has 3 atom stereocenters. The Balaban J connectivity index is 2.97. The number of nitrogens with two attached hydrogens (primary N) is 1. The molecule has 13 heteroatoms. The van der Waals surface area contributed by atoms with Crippen LogP contribution in [0.3, 0.4) is 0 Å². The van der Waals surface area contributed by atoms with Crippen molar-refractivity contribution < 1.29 is 14.4 Å². The molecule has 0 aliphatic rings. The number of hydrogen-bond donors (Lipinski definition) is 4. The first-order valence-electron chi connectivity index (χ1n) is 10.6. The second-order valence-corrected chi connectivity index (χ2v) is 7.22. The first kappa shape index (κ1) is 27.2. The largest absolute Gasteiger partial charge is 0.354 e. The van der Waals surface area contributed by atoms with Crippen molar-refractivity contribution in [1.29, 1.82) is 0 Å². The highest BCUT2D eigenvalue weighted by Gasteiger charge is 2.27. The predicted octanol–water partition coefficient (Wildman–Crippen LogP) is 1.45. The Kier molecular flexibility index (Phi) is 13.2. The molecule has 0 saturated heterocycles. The predicted molar refractivity (Wildman–Crippen MR) is 123 cm³/mol. The normalized spacial score (nSPS) is 12.8. The first-order chi connectivity index (χ1) is 15.9. The van der Waals surface area contributed by atoms with Crippen molar-refractivity contribution >= 4 is 17.7 Å². The number of hydrogen-bond acceptors (Lipinski definition) is 6. The average Bonchev–Trinajstić information content (AvgIpc) is 2.81. The van der Waals surface area contributed by atoms with Crippen molar-refractivity contribution in [3.8, 4) is 0 Å². The third-order valence-corrected chi connectivity index (χ3v) is 4.67. The highest BCUT2D eigenvalue weighted by atomic mass is 16.2. The third-order valence-electron chi connectivity index (χ3n) is 4.67. The number of carbonyl (C=O) groups is 3. The quantitative estimate of drug-likeness (QED) is 0.133. The minimum Gasteiger partial charge on any atom is -0.354 e. The van der Waals surface area contributed by atoms with Gasteiger partial charge in [0.05, 0.1) is 0 Å². The Morgan fingerprint density at radius 3 is 2.33 bits per heavy atom. The van der Waals surface area contributed by atoms with Crippen molar-refractivity contribution in [2.24, 2.45) is 16.0 Å². The van der Waals surface area contributed by atoms with Crippen molar-refractivity contribution in [1.82, 2.24) is 16.0 Å². The lowest BCUT2D eigenvalue weighted by atomic mass is 10.0. The topological polar surface area (TPSA) is 211 Å². The zero-order valence-electron chi connectivity index (χ0n) is 18.6. The number of amides is 3. The monoisotopic (exact) mass is 458 g/mol. The third kappa shape index (κ3) is 10.9. The molecule has 0 bridgehead atoms. The molecule has 1 rings (SSSR count). The molecule has 0 aliphatic carbocycles. The van der Waals surface area contributed by atoms with Crippen LogP contribution in [-0.2, 0) is 20.8 Å². The summed E-state index contributed by atoms with van der Waals surface area (Å²) in [7, 11) is 0. The lowest BCUT2D eigenvalue weighted by molar-refractivity contribution is -0.132. The second-order valence-electron chi connectivity index (χ2n) is 7.22. The van der Waals surface area contributed by atoms with Gasteiger partial charge in [0.15, 0.2) is 0 Å². The highest BCUT2D eigenvalue weighted by molar-refractivity contribution is 5.93. The van der Waals surface area contributed by atoms with Gasteiger partial charge in [-0.3, -0.25) is 14.4 Å². The van der Waals surface area contributed by atoms with E-state index in [-0.39, 0.29) is 19.5 Å². The van der Waals surface area contributed by atoms with Gasteiger partial charge in [0.2, 0.25) is 17.7 Å². The van der Waals surface area contributed by atoms with Crippen LogP contribution in [-0.4, -0.2) is 55.5 Å². The van der Waals surface area contributed by atoms with Gasteiger partial charge in [-0.2, -0.15) is 0 Å². The molecule has 3 amide bonds. The van der Waals surface area contributed by atoms with E-state index in [2.05, 4.69) is 36.0 Å². The Bertz CT molecular complexity index is 866. The van der Waals surface area contributed by atoms with Crippen LogP contribution in [0.25, 0.3) is 20.9 Å². The molecular weight excluding hydrogens is 428 g/mol. The Morgan fingerprint density at radius 1 is 1.00 bits per heavy atom. The van der Waals surface area contributed by atoms with Gasteiger partial charge in [-0.15, -0.1) is 0 Å². The smallest absolute Gasteiger partial charge is 0.243 e. The van der Waals surface area contributed by atoms with Gasteiger partial charge in [0, 0.05) is 29.3 Å². The molecule has 0 aliphatic heterocycles. The van der Waals surface area contributed by atoms with Gasteiger partial charge in [-0.1, -0.05) is 40.6 Å². The van der Waals surface area contributed by atoms with Gasteiger partial charge < -0.3 is 21.7 Å². The van der Waals surface area contributed by atoms with Crippen LogP contribution in [0, 0.1) is 0 Å². The summed E-state index contributed by atoms with van der Waals surface area (Å²) < 4.78 is 0. The fourth-order valence-electron chi connectivity index (χ4n) is 2.91. The summed E-state index contributed by atoms with van der Waals surface area (Å²) in [5.41, 5.74) is 23.2. The van der Waals surface area contributed by atoms with E-state index in [1.54, 1.807) is 0 Å². The maximum absolute atomic E-state index is 13.1. The molecule has 0 spiro atoms. The van der Waals surface area contributed by atoms with E-state index < -0.39 is 35.8 Å². The SMILES string of the molecule is C[C@@H](N=[N+]=[N-])C(=O)N[C@@H](Cc1ccccc1)C(=O)N[C@@H](CCCCN)C(=O)NCCN=[N+]=[N-]. The molecule has 0 heterocycles. The Labute approximate surface area is 191 Å². The maximum atomic E-state index is 13.1. The fourth-order valence-corrected chi connectivity index (χ4v) is 2.91. The molecule has 5 N–H and O–H groups in total. The number of rotatable bonds is 15. The molecule has 1 aromatic rings. The van der Waals surface area contributed by atoms with E-state index in [1.165, 1.54) is 6.92 Å². The minimum absolute atomic E-state index is 0.0791. The number of nitrogens with one attached hydrogen (secondary N) is 3. The van der Waals surface area contributed by atoms with E-state index in [0.29, 0.717) is 25.8 Å². The highest BCUT2D eigenvalue weighted by Crippen LogP contribution is 2.07. The molecule has 178 valence electrons. The molecule has 0 saturated carbocycles. The molecule has 0 unspecified atom stereocenters. The second kappa shape index (κ2) is 15.9. The van der Waals surface area contributed by atoms with E-state index in [9.17, 15) is 14.4 Å². The van der Waals surface area contributed by atoms with Gasteiger partial charge in [-0.05, 0) is 49.4 Å². The first-order valence-corrected chi connectivity index (χ1v) is 10.6. The van der Waals surface area contributed by atoms with E-state index in [1.807, 2.05) is 30.3 Å². The van der Waals surface area contributed by atoms with Crippen molar-refractivity contribution in [3.63, 3.8) is 0 Å².